The number of carbonyl (C=O) groups excluding carboxylic acids is 1. The van der Waals surface area contributed by atoms with E-state index in [1.807, 2.05) is 17.7 Å². The monoisotopic (exact) mass is 330 g/mol. The molecule has 24 heavy (non-hydrogen) atoms. The molecule has 0 aliphatic heterocycles. The summed E-state index contributed by atoms with van der Waals surface area (Å²) in [6.07, 6.45) is 2.67. The Morgan fingerprint density at radius 3 is 2.42 bits per heavy atom. The third-order valence-corrected chi connectivity index (χ3v) is 3.92. The fourth-order valence-electron chi connectivity index (χ4n) is 3.42. The van der Waals surface area contributed by atoms with E-state index in [2.05, 4.69) is 63.9 Å². The van der Waals surface area contributed by atoms with Crippen molar-refractivity contribution in [2.75, 3.05) is 0 Å². The zero-order valence-electron chi connectivity index (χ0n) is 16.2. The maximum absolute atomic E-state index is 12.8. The molecule has 0 radical (unpaired) electrons. The number of nitrogens with one attached hydrogen (secondary N) is 1. The van der Waals surface area contributed by atoms with Crippen LogP contribution in [0.4, 0.5) is 0 Å². The predicted octanol–water partition coefficient (Wildman–Crippen LogP) is 4.27. The van der Waals surface area contributed by atoms with Gasteiger partial charge in [-0.25, -0.2) is 9.67 Å². The van der Waals surface area contributed by atoms with Gasteiger partial charge in [0.15, 0.2) is 5.65 Å². The number of carbonyl (C=O) groups is 1. The van der Waals surface area contributed by atoms with Crippen LogP contribution in [0, 0.1) is 12.3 Å². The van der Waals surface area contributed by atoms with E-state index in [4.69, 9.17) is 0 Å². The second-order valence-corrected chi connectivity index (χ2v) is 8.79. The molecule has 5 heteroatoms. The average molecular weight is 330 g/mol. The Labute approximate surface area is 144 Å². The van der Waals surface area contributed by atoms with Gasteiger partial charge in [0.05, 0.1) is 17.5 Å². The van der Waals surface area contributed by atoms with Crippen molar-refractivity contribution in [2.45, 2.75) is 73.4 Å². The molecule has 5 nitrogen and oxygen atoms in total. The normalized spacial score (nSPS) is 12.9. The Kier molecular flexibility index (Phi) is 4.75. The molecule has 0 unspecified atom stereocenters. The van der Waals surface area contributed by atoms with Gasteiger partial charge in [-0.15, -0.1) is 0 Å². The lowest BCUT2D eigenvalue weighted by Crippen LogP contribution is -2.46. The fourth-order valence-corrected chi connectivity index (χ4v) is 3.42. The van der Waals surface area contributed by atoms with E-state index >= 15 is 0 Å². The van der Waals surface area contributed by atoms with E-state index in [-0.39, 0.29) is 22.9 Å². The zero-order valence-corrected chi connectivity index (χ0v) is 16.2. The van der Waals surface area contributed by atoms with Crippen molar-refractivity contribution in [3.63, 3.8) is 0 Å². The summed E-state index contributed by atoms with van der Waals surface area (Å²) < 4.78 is 1.88. The maximum Gasteiger partial charge on any atom is 0.253 e. The standard InChI is InChI=1S/C19H30N4O/c1-12(2)23-16-14(10-20-23)9-15(13(3)21-16)17(24)22-19(7,8)11-18(4,5)6/h9-10,12H,11H2,1-8H3,(H,22,24). The molecule has 0 bridgehead atoms. The Bertz CT molecular complexity index is 751. The first-order valence-corrected chi connectivity index (χ1v) is 8.57. The minimum atomic E-state index is -0.279. The van der Waals surface area contributed by atoms with Crippen molar-refractivity contribution in [1.29, 1.82) is 0 Å². The summed E-state index contributed by atoms with van der Waals surface area (Å²) in [6, 6.07) is 2.13. The van der Waals surface area contributed by atoms with E-state index in [1.165, 1.54) is 0 Å². The average Bonchev–Trinajstić information content (AvgIpc) is 2.76. The molecule has 0 aliphatic carbocycles. The molecular weight excluding hydrogens is 300 g/mol. The summed E-state index contributed by atoms with van der Waals surface area (Å²) in [6.45, 7) is 16.7. The fraction of sp³-hybridized carbons (Fsp3) is 0.632. The summed E-state index contributed by atoms with van der Waals surface area (Å²) >= 11 is 0. The quantitative estimate of drug-likeness (QED) is 0.911. The van der Waals surface area contributed by atoms with Crippen molar-refractivity contribution in [3.05, 3.63) is 23.5 Å². The first kappa shape index (κ1) is 18.4. The number of nitrogens with zero attached hydrogens (tertiary/aromatic N) is 3. The van der Waals surface area contributed by atoms with E-state index in [9.17, 15) is 4.79 Å². The van der Waals surface area contributed by atoms with Gasteiger partial charge in [0, 0.05) is 17.0 Å². The summed E-state index contributed by atoms with van der Waals surface area (Å²) in [7, 11) is 0. The van der Waals surface area contributed by atoms with Crippen LogP contribution in [0.2, 0.25) is 0 Å². The van der Waals surface area contributed by atoms with Crippen LogP contribution in [-0.4, -0.2) is 26.2 Å². The number of pyridine rings is 1. The lowest BCUT2D eigenvalue weighted by Gasteiger charge is -2.33. The molecule has 2 aromatic heterocycles. The van der Waals surface area contributed by atoms with E-state index in [0.717, 1.165) is 23.1 Å². The highest BCUT2D eigenvalue weighted by molar-refractivity contribution is 5.98. The molecule has 0 saturated heterocycles. The summed E-state index contributed by atoms with van der Waals surface area (Å²) in [5, 5.41) is 8.44. The number of fused-ring (bicyclic) bond motifs is 1. The highest BCUT2D eigenvalue weighted by atomic mass is 16.1. The zero-order chi connectivity index (χ0) is 18.3. The number of rotatable bonds is 4. The molecular formula is C19H30N4O. The summed E-state index contributed by atoms with van der Waals surface area (Å²) in [4.78, 5) is 17.4. The first-order valence-electron chi connectivity index (χ1n) is 8.57. The minimum Gasteiger partial charge on any atom is -0.347 e. The van der Waals surface area contributed by atoms with Crippen molar-refractivity contribution in [3.8, 4) is 0 Å². The van der Waals surface area contributed by atoms with Gasteiger partial charge >= 0.3 is 0 Å². The van der Waals surface area contributed by atoms with E-state index < -0.39 is 0 Å². The molecule has 0 spiro atoms. The SMILES string of the molecule is Cc1nc2c(cnn2C(C)C)cc1C(=O)NC(C)(C)CC(C)(C)C. The van der Waals surface area contributed by atoms with Crippen molar-refractivity contribution >= 4 is 16.9 Å². The number of aryl methyl sites for hydroxylation is 1. The lowest BCUT2D eigenvalue weighted by molar-refractivity contribution is 0.0890. The molecule has 132 valence electrons. The molecule has 1 amide bonds. The Hall–Kier alpha value is -1.91. The van der Waals surface area contributed by atoms with Gasteiger partial charge in [-0.3, -0.25) is 4.79 Å². The topological polar surface area (TPSA) is 59.8 Å². The number of hydrogen-bond acceptors (Lipinski definition) is 3. The predicted molar refractivity (Wildman–Crippen MR) is 98.3 cm³/mol. The smallest absolute Gasteiger partial charge is 0.253 e. The van der Waals surface area contributed by atoms with Crippen molar-refractivity contribution in [2.24, 2.45) is 5.41 Å². The van der Waals surface area contributed by atoms with E-state index in [0.29, 0.717) is 5.56 Å². The largest absolute Gasteiger partial charge is 0.347 e. The van der Waals surface area contributed by atoms with Crippen LogP contribution >= 0.6 is 0 Å². The maximum atomic E-state index is 12.8. The van der Waals surface area contributed by atoms with Gasteiger partial charge in [0.2, 0.25) is 0 Å². The second kappa shape index (κ2) is 6.19. The van der Waals surface area contributed by atoms with Gasteiger partial charge < -0.3 is 5.32 Å². The van der Waals surface area contributed by atoms with Crippen molar-refractivity contribution in [1.82, 2.24) is 20.1 Å². The third-order valence-electron chi connectivity index (χ3n) is 3.92. The van der Waals surface area contributed by atoms with Crippen LogP contribution in [0.15, 0.2) is 12.3 Å². The first-order chi connectivity index (χ1) is 10.9. The van der Waals surface area contributed by atoms with E-state index in [1.54, 1.807) is 6.20 Å². The van der Waals surface area contributed by atoms with Gasteiger partial charge in [0.1, 0.15) is 0 Å². The van der Waals surface area contributed by atoms with Crippen molar-refractivity contribution < 1.29 is 4.79 Å². The molecule has 0 aliphatic rings. The number of hydrogen-bond donors (Lipinski definition) is 1. The van der Waals surface area contributed by atoms with Crippen LogP contribution in [0.25, 0.3) is 11.0 Å². The van der Waals surface area contributed by atoms with Gasteiger partial charge in [-0.2, -0.15) is 5.10 Å². The van der Waals surface area contributed by atoms with Gasteiger partial charge in [0.25, 0.3) is 5.91 Å². The Balaban J connectivity index is 2.32. The Morgan fingerprint density at radius 2 is 1.88 bits per heavy atom. The Morgan fingerprint density at radius 1 is 1.25 bits per heavy atom. The molecule has 1 N–H and O–H groups in total. The lowest BCUT2D eigenvalue weighted by atomic mass is 9.81. The summed E-state index contributed by atoms with van der Waals surface area (Å²) in [5.74, 6) is -0.0755. The molecule has 2 aromatic rings. The molecule has 2 rings (SSSR count). The highest BCUT2D eigenvalue weighted by Gasteiger charge is 2.28. The molecule has 0 atom stereocenters. The molecule has 2 heterocycles. The van der Waals surface area contributed by atoms with Gasteiger partial charge in [-0.05, 0) is 52.5 Å². The van der Waals surface area contributed by atoms with Crippen LogP contribution < -0.4 is 5.32 Å². The van der Waals surface area contributed by atoms with Gasteiger partial charge in [-0.1, -0.05) is 20.8 Å². The minimum absolute atomic E-state index is 0.0755. The highest BCUT2D eigenvalue weighted by Crippen LogP contribution is 2.27. The molecule has 0 saturated carbocycles. The van der Waals surface area contributed by atoms with Crippen LogP contribution in [0.5, 0.6) is 0 Å². The number of amides is 1. The summed E-state index contributed by atoms with van der Waals surface area (Å²) in [5.41, 5.74) is 2.04. The molecule has 0 aromatic carbocycles. The third kappa shape index (κ3) is 4.13. The second-order valence-electron chi connectivity index (χ2n) is 8.79. The van der Waals surface area contributed by atoms with Crippen LogP contribution in [0.1, 0.15) is 77.0 Å². The number of aromatic nitrogens is 3. The van der Waals surface area contributed by atoms with Crippen LogP contribution in [-0.2, 0) is 0 Å². The molecule has 0 fully saturated rings. The van der Waals surface area contributed by atoms with Crippen LogP contribution in [0.3, 0.4) is 0 Å².